The van der Waals surface area contributed by atoms with Gasteiger partial charge in [-0.15, -0.1) is 0 Å². The molecule has 1 aromatic carbocycles. The topological polar surface area (TPSA) is 107 Å². The first-order valence-electron chi connectivity index (χ1n) is 10.6. The zero-order chi connectivity index (χ0) is 23.7. The molecule has 0 unspecified atom stereocenters. The average Bonchev–Trinajstić information content (AvgIpc) is 3.47. The Balaban J connectivity index is 1.55. The van der Waals surface area contributed by atoms with Gasteiger partial charge in [0, 0.05) is 5.92 Å². The maximum atomic E-state index is 12.8. The summed E-state index contributed by atoms with van der Waals surface area (Å²) in [5.41, 5.74) is 9.42. The van der Waals surface area contributed by atoms with Crippen LogP contribution < -0.4 is 11.1 Å². The van der Waals surface area contributed by atoms with Crippen molar-refractivity contribution in [2.75, 3.05) is 17.6 Å². The normalized spacial score (nSPS) is 13.5. The molecular formula is C23H19F3N8. The third kappa shape index (κ3) is 5.06. The first kappa shape index (κ1) is 21.6. The van der Waals surface area contributed by atoms with E-state index in [2.05, 4.69) is 42.2 Å². The van der Waals surface area contributed by atoms with Gasteiger partial charge >= 0.3 is 6.18 Å². The van der Waals surface area contributed by atoms with Crippen LogP contribution in [0.3, 0.4) is 0 Å². The number of halogens is 3. The molecule has 0 atom stereocenters. The van der Waals surface area contributed by atoms with E-state index in [9.17, 15) is 13.2 Å². The van der Waals surface area contributed by atoms with E-state index in [4.69, 9.17) is 5.73 Å². The molecule has 1 aliphatic carbocycles. The Morgan fingerprint density at radius 1 is 1.09 bits per heavy atom. The summed E-state index contributed by atoms with van der Waals surface area (Å²) >= 11 is 0. The number of pyridine rings is 1. The van der Waals surface area contributed by atoms with Gasteiger partial charge in [-0.3, -0.25) is 0 Å². The highest BCUT2D eigenvalue weighted by molar-refractivity contribution is 5.89. The highest BCUT2D eigenvalue weighted by Gasteiger charge is 2.28. The largest absolute Gasteiger partial charge is 0.405 e. The Morgan fingerprint density at radius 3 is 2.56 bits per heavy atom. The Morgan fingerprint density at radius 2 is 1.88 bits per heavy atom. The van der Waals surface area contributed by atoms with E-state index >= 15 is 0 Å². The van der Waals surface area contributed by atoms with Gasteiger partial charge in [0.2, 0.25) is 5.95 Å². The average molecular weight is 464 g/mol. The predicted octanol–water partition coefficient (Wildman–Crippen LogP) is 3.51. The summed E-state index contributed by atoms with van der Waals surface area (Å²) in [5, 5.41) is 6.42. The molecule has 5 rings (SSSR count). The number of aromatic nitrogens is 6. The lowest BCUT2D eigenvalue weighted by Crippen LogP contribution is -2.22. The van der Waals surface area contributed by atoms with Crippen LogP contribution in [-0.4, -0.2) is 42.4 Å². The quantitative estimate of drug-likeness (QED) is 0.435. The Hall–Kier alpha value is -4.20. The number of benzene rings is 1. The number of nitrogen functional groups attached to an aromatic ring is 1. The molecule has 3 heterocycles. The summed E-state index contributed by atoms with van der Waals surface area (Å²) in [4.78, 5) is 16.7. The van der Waals surface area contributed by atoms with Crippen LogP contribution in [0.25, 0.3) is 16.7 Å². The molecule has 0 bridgehead atoms. The van der Waals surface area contributed by atoms with Crippen LogP contribution in [0.1, 0.15) is 29.7 Å². The van der Waals surface area contributed by atoms with E-state index in [1.54, 1.807) is 11.0 Å². The minimum absolute atomic E-state index is 0.0716. The molecule has 1 aliphatic rings. The van der Waals surface area contributed by atoms with Crippen molar-refractivity contribution in [3.63, 3.8) is 0 Å². The van der Waals surface area contributed by atoms with E-state index in [1.165, 1.54) is 6.33 Å². The number of nitrogens with one attached hydrogen (secondary N) is 1. The molecule has 172 valence electrons. The first-order valence-corrected chi connectivity index (χ1v) is 10.6. The second-order valence-electron chi connectivity index (χ2n) is 7.99. The molecule has 4 aromatic rings. The van der Waals surface area contributed by atoms with E-state index in [0.717, 1.165) is 29.7 Å². The van der Waals surface area contributed by atoms with Crippen LogP contribution in [0.4, 0.5) is 24.9 Å². The van der Waals surface area contributed by atoms with Gasteiger partial charge < -0.3 is 11.1 Å². The fraction of sp³-hybridized carbons (Fsp3) is 0.261. The van der Waals surface area contributed by atoms with Crippen LogP contribution in [0.15, 0.2) is 43.0 Å². The van der Waals surface area contributed by atoms with Crippen molar-refractivity contribution in [2.45, 2.75) is 25.4 Å². The summed E-state index contributed by atoms with van der Waals surface area (Å²) in [5.74, 6) is 6.33. The van der Waals surface area contributed by atoms with Gasteiger partial charge in [-0.25, -0.2) is 19.6 Å². The van der Waals surface area contributed by atoms with Crippen molar-refractivity contribution >= 4 is 22.8 Å². The summed E-state index contributed by atoms with van der Waals surface area (Å²) < 4.78 is 40.2. The standard InChI is InChI=1S/C23H19F3N8/c24-23(25,26)11-29-21-20-19(32-22(27)33-21)16(10-17(31-20)6-3-14-1-2-14)9-15-4-7-18(8-5-15)34-13-28-12-30-34/h4-5,7-8,10,12-14H,1-2,9,11H2,(H3,27,29,32,33). The molecular weight excluding hydrogens is 445 g/mol. The smallest absolute Gasteiger partial charge is 0.368 e. The van der Waals surface area contributed by atoms with Crippen LogP contribution in [0.5, 0.6) is 0 Å². The monoisotopic (exact) mass is 464 g/mol. The third-order valence-electron chi connectivity index (χ3n) is 5.20. The van der Waals surface area contributed by atoms with Gasteiger partial charge in [0.15, 0.2) is 5.82 Å². The fourth-order valence-electron chi connectivity index (χ4n) is 3.43. The van der Waals surface area contributed by atoms with Gasteiger partial charge in [-0.2, -0.15) is 23.3 Å². The van der Waals surface area contributed by atoms with E-state index in [0.29, 0.717) is 23.5 Å². The maximum absolute atomic E-state index is 12.8. The lowest BCUT2D eigenvalue weighted by Gasteiger charge is -2.13. The molecule has 3 N–H and O–H groups in total. The number of fused-ring (bicyclic) bond motifs is 1. The number of anilines is 2. The highest BCUT2D eigenvalue weighted by atomic mass is 19.4. The van der Waals surface area contributed by atoms with E-state index in [1.807, 2.05) is 30.3 Å². The van der Waals surface area contributed by atoms with Crippen molar-refractivity contribution < 1.29 is 13.2 Å². The van der Waals surface area contributed by atoms with Crippen LogP contribution in [-0.2, 0) is 6.42 Å². The second kappa shape index (κ2) is 8.62. The molecule has 0 amide bonds. The fourth-order valence-corrected chi connectivity index (χ4v) is 3.43. The van der Waals surface area contributed by atoms with Crippen LogP contribution in [0.2, 0.25) is 0 Å². The minimum Gasteiger partial charge on any atom is -0.368 e. The minimum atomic E-state index is -4.43. The number of hydrogen-bond donors (Lipinski definition) is 2. The number of alkyl halides is 3. The van der Waals surface area contributed by atoms with Crippen molar-refractivity contribution in [1.82, 2.24) is 29.7 Å². The van der Waals surface area contributed by atoms with E-state index < -0.39 is 12.7 Å². The van der Waals surface area contributed by atoms with Gasteiger partial charge in [0.1, 0.15) is 35.9 Å². The zero-order valence-corrected chi connectivity index (χ0v) is 17.8. The van der Waals surface area contributed by atoms with Gasteiger partial charge in [0.25, 0.3) is 0 Å². The Labute approximate surface area is 192 Å². The predicted molar refractivity (Wildman–Crippen MR) is 120 cm³/mol. The van der Waals surface area contributed by atoms with Crippen LogP contribution in [0, 0.1) is 17.8 Å². The summed E-state index contributed by atoms with van der Waals surface area (Å²) in [6.07, 6.45) is 1.17. The third-order valence-corrected chi connectivity index (χ3v) is 5.20. The van der Waals surface area contributed by atoms with Gasteiger partial charge in [-0.05, 0) is 54.5 Å². The van der Waals surface area contributed by atoms with Crippen molar-refractivity contribution in [3.8, 4) is 17.5 Å². The summed E-state index contributed by atoms with van der Waals surface area (Å²) in [7, 11) is 0. The number of nitrogens with zero attached hydrogens (tertiary/aromatic N) is 6. The molecule has 0 spiro atoms. The van der Waals surface area contributed by atoms with Crippen molar-refractivity contribution in [1.29, 1.82) is 0 Å². The van der Waals surface area contributed by atoms with Gasteiger partial charge in [0.05, 0.1) is 5.69 Å². The zero-order valence-electron chi connectivity index (χ0n) is 17.8. The van der Waals surface area contributed by atoms with Gasteiger partial charge in [-0.1, -0.05) is 18.1 Å². The Bertz CT molecular complexity index is 1380. The van der Waals surface area contributed by atoms with Crippen molar-refractivity contribution in [3.05, 3.63) is 59.8 Å². The number of nitrogens with two attached hydrogens (primary N) is 1. The highest BCUT2D eigenvalue weighted by Crippen LogP contribution is 2.29. The first-order chi connectivity index (χ1) is 16.3. The molecule has 11 heteroatoms. The van der Waals surface area contributed by atoms with Crippen molar-refractivity contribution in [2.24, 2.45) is 5.92 Å². The lowest BCUT2D eigenvalue weighted by atomic mass is 10.0. The second-order valence-corrected chi connectivity index (χ2v) is 7.99. The lowest BCUT2D eigenvalue weighted by molar-refractivity contribution is -0.115. The molecule has 1 fully saturated rings. The molecule has 0 saturated heterocycles. The molecule has 8 nitrogen and oxygen atoms in total. The van der Waals surface area contributed by atoms with E-state index in [-0.39, 0.29) is 17.3 Å². The van der Waals surface area contributed by atoms with Crippen LogP contribution >= 0.6 is 0 Å². The summed E-state index contributed by atoms with van der Waals surface area (Å²) in [6.45, 7) is -1.27. The molecule has 1 saturated carbocycles. The molecule has 0 aliphatic heterocycles. The molecule has 3 aromatic heterocycles. The molecule has 34 heavy (non-hydrogen) atoms. The Kier molecular flexibility index (Phi) is 5.49. The summed E-state index contributed by atoms with van der Waals surface area (Å²) in [6, 6.07) is 9.49. The SMILES string of the molecule is Nc1nc(NCC(F)(F)F)c2nc(C#CC3CC3)cc(Cc3ccc(-n4cncn4)cc3)c2n1. The molecule has 0 radical (unpaired) electrons. The maximum Gasteiger partial charge on any atom is 0.405 e. The number of hydrogen-bond acceptors (Lipinski definition) is 7. The number of rotatable bonds is 5.